The second kappa shape index (κ2) is 7.06. The highest BCUT2D eigenvalue weighted by molar-refractivity contribution is 7.99. The fourth-order valence-corrected chi connectivity index (χ4v) is 3.13. The molecule has 2 aromatic carbocycles. The minimum atomic E-state index is 0.0176. The van der Waals surface area contributed by atoms with Crippen molar-refractivity contribution in [1.82, 2.24) is 4.98 Å². The molecule has 0 radical (unpaired) electrons. The van der Waals surface area contributed by atoms with E-state index >= 15 is 0 Å². The molecule has 0 spiro atoms. The average Bonchev–Trinajstić information content (AvgIpc) is 2.96. The van der Waals surface area contributed by atoms with E-state index < -0.39 is 0 Å². The second-order valence-electron chi connectivity index (χ2n) is 4.85. The van der Waals surface area contributed by atoms with E-state index in [9.17, 15) is 4.79 Å². The predicted octanol–water partition coefficient (Wildman–Crippen LogP) is 4.63. The Hall–Kier alpha value is -1.98. The lowest BCUT2D eigenvalue weighted by atomic mass is 10.3. The number of aromatic nitrogens is 1. The van der Waals surface area contributed by atoms with Crippen LogP contribution in [-0.2, 0) is 4.79 Å². The molecule has 6 heteroatoms. The van der Waals surface area contributed by atoms with Gasteiger partial charge in [0.05, 0.1) is 5.75 Å². The van der Waals surface area contributed by atoms with E-state index in [2.05, 4.69) is 4.98 Å². The monoisotopic (exact) mass is 346 g/mol. The Morgan fingerprint density at radius 2 is 2.04 bits per heavy atom. The fraction of sp³-hybridized carbons (Fsp3) is 0.176. The van der Waals surface area contributed by atoms with E-state index in [-0.39, 0.29) is 11.7 Å². The van der Waals surface area contributed by atoms with Gasteiger partial charge < -0.3 is 9.32 Å². The molecule has 0 aliphatic heterocycles. The van der Waals surface area contributed by atoms with Crippen molar-refractivity contribution < 1.29 is 9.21 Å². The van der Waals surface area contributed by atoms with E-state index in [1.54, 1.807) is 23.1 Å². The van der Waals surface area contributed by atoms with E-state index in [1.165, 1.54) is 11.8 Å². The highest BCUT2D eigenvalue weighted by Crippen LogP contribution is 2.26. The van der Waals surface area contributed by atoms with Gasteiger partial charge in [-0.05, 0) is 37.3 Å². The maximum atomic E-state index is 12.4. The van der Waals surface area contributed by atoms with Crippen molar-refractivity contribution in [2.45, 2.75) is 12.1 Å². The maximum absolute atomic E-state index is 12.4. The van der Waals surface area contributed by atoms with Crippen molar-refractivity contribution in [3.8, 4) is 0 Å². The molecule has 118 valence electrons. The van der Waals surface area contributed by atoms with Gasteiger partial charge in [-0.15, -0.1) is 0 Å². The third kappa shape index (κ3) is 3.68. The topological polar surface area (TPSA) is 46.3 Å². The summed E-state index contributed by atoms with van der Waals surface area (Å²) in [4.78, 5) is 18.5. The third-order valence-electron chi connectivity index (χ3n) is 3.33. The van der Waals surface area contributed by atoms with Crippen LogP contribution in [0.5, 0.6) is 0 Å². The number of oxazole rings is 1. The fourth-order valence-electron chi connectivity index (χ4n) is 2.25. The number of fused-ring (bicyclic) bond motifs is 1. The number of thioether (sulfide) groups is 1. The molecule has 0 atom stereocenters. The Morgan fingerprint density at radius 1 is 1.26 bits per heavy atom. The Balaban J connectivity index is 1.69. The average molecular weight is 347 g/mol. The standard InChI is InChI=1S/C17H15ClN2O2S/c1-2-20(13-6-4-3-5-7-13)16(21)11-23-17-19-14-10-12(18)8-9-15(14)22-17/h3-10H,2,11H2,1H3. The second-order valence-corrected chi connectivity index (χ2v) is 6.22. The molecule has 0 unspecified atom stereocenters. The maximum Gasteiger partial charge on any atom is 0.257 e. The summed E-state index contributed by atoms with van der Waals surface area (Å²) in [6.45, 7) is 2.57. The van der Waals surface area contributed by atoms with Crippen molar-refractivity contribution in [3.63, 3.8) is 0 Å². The number of hydrogen-bond donors (Lipinski definition) is 0. The van der Waals surface area contributed by atoms with Crippen LogP contribution in [-0.4, -0.2) is 23.2 Å². The first-order valence-electron chi connectivity index (χ1n) is 7.21. The van der Waals surface area contributed by atoms with Crippen LogP contribution in [0, 0.1) is 0 Å². The van der Waals surface area contributed by atoms with Crippen molar-refractivity contribution in [3.05, 3.63) is 53.6 Å². The van der Waals surface area contributed by atoms with Gasteiger partial charge in [0.2, 0.25) is 5.91 Å². The number of amides is 1. The van der Waals surface area contributed by atoms with Crippen molar-refractivity contribution in [2.75, 3.05) is 17.2 Å². The summed E-state index contributed by atoms with van der Waals surface area (Å²) in [7, 11) is 0. The molecule has 4 nitrogen and oxygen atoms in total. The Bertz CT molecular complexity index is 820. The molecule has 0 saturated heterocycles. The Kier molecular flexibility index (Phi) is 4.88. The van der Waals surface area contributed by atoms with Gasteiger partial charge in [0.15, 0.2) is 5.58 Å². The number of hydrogen-bond acceptors (Lipinski definition) is 4. The van der Waals surface area contributed by atoms with Gasteiger partial charge in [-0.2, -0.15) is 0 Å². The molecule has 0 aliphatic rings. The lowest BCUT2D eigenvalue weighted by Gasteiger charge is -2.20. The van der Waals surface area contributed by atoms with Crippen LogP contribution in [0.15, 0.2) is 58.2 Å². The van der Waals surface area contributed by atoms with Crippen LogP contribution in [0.2, 0.25) is 5.02 Å². The van der Waals surface area contributed by atoms with Gasteiger partial charge >= 0.3 is 0 Å². The van der Waals surface area contributed by atoms with Crippen LogP contribution in [0.3, 0.4) is 0 Å². The van der Waals surface area contributed by atoms with Gasteiger partial charge in [-0.1, -0.05) is 41.6 Å². The highest BCUT2D eigenvalue weighted by Gasteiger charge is 2.16. The quantitative estimate of drug-likeness (QED) is 0.632. The summed E-state index contributed by atoms with van der Waals surface area (Å²) in [6, 6.07) is 14.9. The van der Waals surface area contributed by atoms with E-state index in [1.807, 2.05) is 37.3 Å². The minimum absolute atomic E-state index is 0.0176. The van der Waals surface area contributed by atoms with Gasteiger partial charge in [0, 0.05) is 17.3 Å². The van der Waals surface area contributed by atoms with Gasteiger partial charge in [-0.25, -0.2) is 4.98 Å². The van der Waals surface area contributed by atoms with Crippen molar-refractivity contribution >= 4 is 46.1 Å². The predicted molar refractivity (Wildman–Crippen MR) is 94.2 cm³/mol. The number of para-hydroxylation sites is 1. The Labute approximate surface area is 143 Å². The number of carbonyl (C=O) groups is 1. The van der Waals surface area contributed by atoms with Gasteiger partial charge in [0.25, 0.3) is 5.22 Å². The third-order valence-corrected chi connectivity index (χ3v) is 4.38. The molecule has 0 N–H and O–H groups in total. The van der Waals surface area contributed by atoms with Crippen LogP contribution >= 0.6 is 23.4 Å². The van der Waals surface area contributed by atoms with Gasteiger partial charge in [0.1, 0.15) is 5.52 Å². The number of nitrogens with zero attached hydrogens (tertiary/aromatic N) is 2. The van der Waals surface area contributed by atoms with Crippen molar-refractivity contribution in [2.24, 2.45) is 0 Å². The summed E-state index contributed by atoms with van der Waals surface area (Å²) in [6.07, 6.45) is 0. The molecule has 3 aromatic rings. The SMILES string of the molecule is CCN(C(=O)CSc1nc2cc(Cl)ccc2o1)c1ccccc1. The molecule has 0 fully saturated rings. The molecular weight excluding hydrogens is 332 g/mol. The molecular formula is C17H15ClN2O2S. The molecule has 0 aliphatic carbocycles. The number of anilines is 1. The Morgan fingerprint density at radius 3 is 2.78 bits per heavy atom. The first-order chi connectivity index (χ1) is 11.2. The summed E-state index contributed by atoms with van der Waals surface area (Å²) >= 11 is 7.22. The highest BCUT2D eigenvalue weighted by atomic mass is 35.5. The zero-order valence-corrected chi connectivity index (χ0v) is 14.1. The van der Waals surface area contributed by atoms with Crippen LogP contribution in [0.4, 0.5) is 5.69 Å². The molecule has 3 rings (SSSR count). The largest absolute Gasteiger partial charge is 0.431 e. The molecule has 23 heavy (non-hydrogen) atoms. The summed E-state index contributed by atoms with van der Waals surface area (Å²) in [5.41, 5.74) is 2.26. The van der Waals surface area contributed by atoms with E-state index in [0.29, 0.717) is 27.9 Å². The first-order valence-corrected chi connectivity index (χ1v) is 8.58. The zero-order chi connectivity index (χ0) is 16.2. The number of carbonyl (C=O) groups excluding carboxylic acids is 1. The van der Waals surface area contributed by atoms with Crippen LogP contribution in [0.1, 0.15) is 6.92 Å². The number of rotatable bonds is 5. The molecule has 0 saturated carbocycles. The molecule has 1 heterocycles. The number of halogens is 1. The van der Waals surface area contributed by atoms with E-state index in [0.717, 1.165) is 5.69 Å². The zero-order valence-electron chi connectivity index (χ0n) is 12.5. The minimum Gasteiger partial charge on any atom is -0.431 e. The van der Waals surface area contributed by atoms with Crippen LogP contribution < -0.4 is 4.90 Å². The summed E-state index contributed by atoms with van der Waals surface area (Å²) in [5, 5.41) is 1.08. The van der Waals surface area contributed by atoms with Crippen LogP contribution in [0.25, 0.3) is 11.1 Å². The molecule has 1 amide bonds. The van der Waals surface area contributed by atoms with Gasteiger partial charge in [-0.3, -0.25) is 4.79 Å². The summed E-state index contributed by atoms with van der Waals surface area (Å²) < 4.78 is 5.61. The first kappa shape index (κ1) is 15.9. The lowest BCUT2D eigenvalue weighted by Crippen LogP contribution is -2.32. The smallest absolute Gasteiger partial charge is 0.257 e. The molecule has 1 aromatic heterocycles. The van der Waals surface area contributed by atoms with E-state index in [4.69, 9.17) is 16.0 Å². The van der Waals surface area contributed by atoms with Crippen molar-refractivity contribution in [1.29, 1.82) is 0 Å². The lowest BCUT2D eigenvalue weighted by molar-refractivity contribution is -0.116. The number of benzene rings is 2. The normalized spacial score (nSPS) is 10.9. The summed E-state index contributed by atoms with van der Waals surface area (Å²) in [5.74, 6) is 0.285. The molecule has 0 bridgehead atoms.